The average Bonchev–Trinajstić information content (AvgIpc) is 2.38. The third-order valence-electron chi connectivity index (χ3n) is 3.26. The summed E-state index contributed by atoms with van der Waals surface area (Å²) in [4.78, 5) is 2.52. The molecule has 0 bridgehead atoms. The molecule has 0 unspecified atom stereocenters. The Kier molecular flexibility index (Phi) is 6.45. The highest BCUT2D eigenvalue weighted by atomic mass is 16.5. The van der Waals surface area contributed by atoms with Crippen LogP contribution >= 0.6 is 0 Å². The van der Waals surface area contributed by atoms with Crippen molar-refractivity contribution in [2.45, 2.75) is 46.1 Å². The molecule has 0 saturated carbocycles. The first-order valence-electron chi connectivity index (χ1n) is 7.05. The van der Waals surface area contributed by atoms with E-state index in [0.717, 1.165) is 38.8 Å². The highest BCUT2D eigenvalue weighted by Gasteiger charge is 2.23. The molecule has 3 heteroatoms. The second-order valence-electron chi connectivity index (χ2n) is 6.24. The van der Waals surface area contributed by atoms with Crippen LogP contribution in [0, 0.1) is 5.92 Å². The lowest BCUT2D eigenvalue weighted by molar-refractivity contribution is 0.0917. The minimum Gasteiger partial charge on any atom is -0.380 e. The van der Waals surface area contributed by atoms with E-state index in [4.69, 9.17) is 4.74 Å². The van der Waals surface area contributed by atoms with Crippen molar-refractivity contribution < 1.29 is 4.74 Å². The normalized spacial score (nSPS) is 21.7. The molecule has 1 aliphatic rings. The molecule has 1 saturated heterocycles. The van der Waals surface area contributed by atoms with Gasteiger partial charge in [-0.25, -0.2) is 0 Å². The zero-order valence-corrected chi connectivity index (χ0v) is 12.1. The molecule has 0 amide bonds. The summed E-state index contributed by atoms with van der Waals surface area (Å²) in [6.07, 6.45) is 2.42. The largest absolute Gasteiger partial charge is 0.380 e. The Bertz CT molecular complexity index is 204. The molecule has 102 valence electrons. The van der Waals surface area contributed by atoms with Crippen molar-refractivity contribution in [3.05, 3.63) is 0 Å². The van der Waals surface area contributed by atoms with Gasteiger partial charge in [-0.1, -0.05) is 13.8 Å². The van der Waals surface area contributed by atoms with E-state index in [-0.39, 0.29) is 5.54 Å². The fourth-order valence-electron chi connectivity index (χ4n) is 2.23. The lowest BCUT2D eigenvalue weighted by Gasteiger charge is -2.29. The number of nitrogens with one attached hydrogen (secondary N) is 1. The molecule has 1 rings (SSSR count). The minimum atomic E-state index is 0.244. The Hall–Kier alpha value is -0.120. The van der Waals surface area contributed by atoms with Crippen LogP contribution in [0.15, 0.2) is 0 Å². The van der Waals surface area contributed by atoms with Gasteiger partial charge in [-0.3, -0.25) is 4.90 Å². The fraction of sp³-hybridized carbons (Fsp3) is 1.00. The standard InChI is InChI=1S/C14H30N2O/c1-13(2)6-10-17-11-9-16-8-5-7-15-14(3,4)12-16/h13,15H,5-12H2,1-4H3. The second-order valence-corrected chi connectivity index (χ2v) is 6.24. The Morgan fingerprint density at radius 3 is 2.76 bits per heavy atom. The maximum absolute atomic E-state index is 5.69. The predicted octanol–water partition coefficient (Wildman–Crippen LogP) is 2.12. The molecule has 0 aromatic rings. The molecule has 1 heterocycles. The quantitative estimate of drug-likeness (QED) is 0.722. The SMILES string of the molecule is CC(C)CCOCCN1CCCNC(C)(C)C1. The first kappa shape index (κ1) is 14.9. The minimum absolute atomic E-state index is 0.244. The number of hydrogen-bond donors (Lipinski definition) is 1. The first-order valence-corrected chi connectivity index (χ1v) is 7.05. The van der Waals surface area contributed by atoms with E-state index >= 15 is 0 Å². The summed E-state index contributed by atoms with van der Waals surface area (Å²) < 4.78 is 5.69. The van der Waals surface area contributed by atoms with Crippen LogP contribution in [0.5, 0.6) is 0 Å². The molecule has 0 aromatic carbocycles. The Labute approximate surface area is 107 Å². The molecule has 1 aliphatic heterocycles. The van der Waals surface area contributed by atoms with Crippen molar-refractivity contribution >= 4 is 0 Å². The molecular formula is C14H30N2O. The Morgan fingerprint density at radius 1 is 1.29 bits per heavy atom. The van der Waals surface area contributed by atoms with Crippen LogP contribution in [-0.2, 0) is 4.74 Å². The summed E-state index contributed by atoms with van der Waals surface area (Å²) in [6, 6.07) is 0. The molecule has 0 radical (unpaired) electrons. The molecule has 0 aromatic heterocycles. The van der Waals surface area contributed by atoms with Crippen LogP contribution in [0.1, 0.15) is 40.5 Å². The van der Waals surface area contributed by atoms with Crippen LogP contribution in [0.3, 0.4) is 0 Å². The predicted molar refractivity (Wildman–Crippen MR) is 73.4 cm³/mol. The smallest absolute Gasteiger partial charge is 0.0593 e. The van der Waals surface area contributed by atoms with Crippen molar-refractivity contribution in [2.24, 2.45) is 5.92 Å². The van der Waals surface area contributed by atoms with Gasteiger partial charge < -0.3 is 10.1 Å². The molecule has 0 atom stereocenters. The summed E-state index contributed by atoms with van der Waals surface area (Å²) in [7, 11) is 0. The van der Waals surface area contributed by atoms with Crippen LogP contribution in [0.4, 0.5) is 0 Å². The van der Waals surface area contributed by atoms with E-state index in [1.54, 1.807) is 0 Å². The van der Waals surface area contributed by atoms with Crippen LogP contribution < -0.4 is 5.32 Å². The van der Waals surface area contributed by atoms with E-state index in [1.165, 1.54) is 19.4 Å². The van der Waals surface area contributed by atoms with Crippen LogP contribution in [0.2, 0.25) is 0 Å². The Morgan fingerprint density at radius 2 is 2.06 bits per heavy atom. The summed E-state index contributed by atoms with van der Waals surface area (Å²) in [5.74, 6) is 0.747. The van der Waals surface area contributed by atoms with Crippen molar-refractivity contribution in [1.82, 2.24) is 10.2 Å². The van der Waals surface area contributed by atoms with E-state index in [9.17, 15) is 0 Å². The third-order valence-corrected chi connectivity index (χ3v) is 3.26. The molecule has 0 spiro atoms. The van der Waals surface area contributed by atoms with Crippen molar-refractivity contribution in [3.8, 4) is 0 Å². The van der Waals surface area contributed by atoms with Gasteiger partial charge in [0, 0.05) is 25.2 Å². The molecular weight excluding hydrogens is 212 g/mol. The topological polar surface area (TPSA) is 24.5 Å². The van der Waals surface area contributed by atoms with Gasteiger partial charge >= 0.3 is 0 Å². The van der Waals surface area contributed by atoms with Crippen LogP contribution in [0.25, 0.3) is 0 Å². The van der Waals surface area contributed by atoms with Crippen LogP contribution in [-0.4, -0.2) is 49.8 Å². The zero-order valence-electron chi connectivity index (χ0n) is 12.1. The van der Waals surface area contributed by atoms with E-state index < -0.39 is 0 Å². The highest BCUT2D eigenvalue weighted by Crippen LogP contribution is 2.10. The Balaban J connectivity index is 2.13. The van der Waals surface area contributed by atoms with Gasteiger partial charge in [0.25, 0.3) is 0 Å². The molecule has 1 N–H and O–H groups in total. The van der Waals surface area contributed by atoms with Gasteiger partial charge in [-0.05, 0) is 45.7 Å². The third kappa shape index (κ3) is 7.02. The lowest BCUT2D eigenvalue weighted by atomic mass is 10.1. The van der Waals surface area contributed by atoms with Gasteiger partial charge in [-0.15, -0.1) is 0 Å². The number of ether oxygens (including phenoxy) is 1. The molecule has 1 fully saturated rings. The van der Waals surface area contributed by atoms with Gasteiger partial charge in [0.1, 0.15) is 0 Å². The molecule has 0 aliphatic carbocycles. The maximum atomic E-state index is 5.69. The van der Waals surface area contributed by atoms with Gasteiger partial charge in [0.2, 0.25) is 0 Å². The highest BCUT2D eigenvalue weighted by molar-refractivity contribution is 4.84. The van der Waals surface area contributed by atoms with Crippen molar-refractivity contribution in [3.63, 3.8) is 0 Å². The van der Waals surface area contributed by atoms with Gasteiger partial charge in [0.15, 0.2) is 0 Å². The summed E-state index contributed by atoms with van der Waals surface area (Å²) in [6.45, 7) is 15.4. The number of rotatable bonds is 6. The van der Waals surface area contributed by atoms with Gasteiger partial charge in [0.05, 0.1) is 6.61 Å². The van der Waals surface area contributed by atoms with Crippen molar-refractivity contribution in [2.75, 3.05) is 39.4 Å². The summed E-state index contributed by atoms with van der Waals surface area (Å²) in [5.41, 5.74) is 0.244. The van der Waals surface area contributed by atoms with E-state index in [2.05, 4.69) is 37.9 Å². The fourth-order valence-corrected chi connectivity index (χ4v) is 2.23. The number of nitrogens with zero attached hydrogens (tertiary/aromatic N) is 1. The number of hydrogen-bond acceptors (Lipinski definition) is 3. The monoisotopic (exact) mass is 242 g/mol. The summed E-state index contributed by atoms with van der Waals surface area (Å²) >= 11 is 0. The molecule has 3 nitrogen and oxygen atoms in total. The molecule has 17 heavy (non-hydrogen) atoms. The zero-order chi connectivity index (χ0) is 12.7. The van der Waals surface area contributed by atoms with E-state index in [1.807, 2.05) is 0 Å². The average molecular weight is 242 g/mol. The lowest BCUT2D eigenvalue weighted by Crippen LogP contribution is -2.47. The first-order chi connectivity index (χ1) is 7.99. The maximum Gasteiger partial charge on any atom is 0.0593 e. The van der Waals surface area contributed by atoms with E-state index in [0.29, 0.717) is 0 Å². The van der Waals surface area contributed by atoms with Gasteiger partial charge in [-0.2, -0.15) is 0 Å². The second kappa shape index (κ2) is 7.34. The van der Waals surface area contributed by atoms with Crippen molar-refractivity contribution in [1.29, 1.82) is 0 Å². The summed E-state index contributed by atoms with van der Waals surface area (Å²) in [5, 5.41) is 3.58.